The number of alkyl halides is 1. The number of nitrogens with one attached hydrogen (secondary N) is 1. The van der Waals surface area contributed by atoms with Crippen LogP contribution in [0.25, 0.3) is 0 Å². The molecule has 2 aromatic carbocycles. The van der Waals surface area contributed by atoms with E-state index in [4.69, 9.17) is 11.1 Å². The number of nitrogens with zero attached hydrogens (tertiary/aromatic N) is 2. The normalized spacial score (nSPS) is 30.0. The number of carbonyl (C=O) groups excluding carboxylic acids is 2. The van der Waals surface area contributed by atoms with Crippen molar-refractivity contribution >= 4 is 17.6 Å². The Labute approximate surface area is 178 Å². The van der Waals surface area contributed by atoms with E-state index in [2.05, 4.69) is 0 Å². The third-order valence-corrected chi connectivity index (χ3v) is 6.75. The van der Waals surface area contributed by atoms with Gasteiger partial charge in [-0.05, 0) is 29.7 Å². The van der Waals surface area contributed by atoms with Crippen LogP contribution in [-0.4, -0.2) is 46.2 Å². The first kappa shape index (κ1) is 19.8. The third kappa shape index (κ3) is 3.13. The van der Waals surface area contributed by atoms with Crippen molar-refractivity contribution in [3.8, 4) is 0 Å². The number of rotatable bonds is 4. The van der Waals surface area contributed by atoms with Crippen molar-refractivity contribution in [2.24, 2.45) is 17.6 Å². The molecule has 0 spiro atoms. The van der Waals surface area contributed by atoms with E-state index in [1.54, 1.807) is 36.4 Å². The van der Waals surface area contributed by atoms with Crippen LogP contribution in [-0.2, 0) is 16.1 Å². The molecule has 3 fully saturated rings. The first-order valence-corrected chi connectivity index (χ1v) is 10.3. The molecule has 0 bridgehead atoms. The maximum atomic E-state index is 14.3. The van der Waals surface area contributed by atoms with Gasteiger partial charge in [0, 0.05) is 24.2 Å². The SMILES string of the molecule is N=C(N)c1ccc([C@H]2[C@H]3C(=O)N(Cc4ccc(F)cc4)C(=O)[C@H]3[C@H]3C[C@H](F)CN32)cc1. The van der Waals surface area contributed by atoms with Gasteiger partial charge in [0.1, 0.15) is 17.8 Å². The number of hydrogen-bond acceptors (Lipinski definition) is 4. The highest BCUT2D eigenvalue weighted by molar-refractivity contribution is 6.06. The molecule has 5 rings (SSSR count). The number of likely N-dealkylation sites (tertiary alicyclic amines) is 1. The third-order valence-electron chi connectivity index (χ3n) is 6.75. The highest BCUT2D eigenvalue weighted by atomic mass is 19.1. The summed E-state index contributed by atoms with van der Waals surface area (Å²) in [5.41, 5.74) is 7.57. The molecule has 3 aliphatic rings. The maximum Gasteiger partial charge on any atom is 0.235 e. The second kappa shape index (κ2) is 7.23. The minimum Gasteiger partial charge on any atom is -0.384 e. The largest absolute Gasteiger partial charge is 0.384 e. The van der Waals surface area contributed by atoms with Crippen LogP contribution < -0.4 is 5.73 Å². The van der Waals surface area contributed by atoms with E-state index >= 15 is 0 Å². The van der Waals surface area contributed by atoms with Gasteiger partial charge in [-0.15, -0.1) is 0 Å². The Balaban J connectivity index is 1.49. The first-order chi connectivity index (χ1) is 14.8. The van der Waals surface area contributed by atoms with Crippen molar-refractivity contribution in [1.29, 1.82) is 5.41 Å². The van der Waals surface area contributed by atoms with Gasteiger partial charge < -0.3 is 5.73 Å². The van der Waals surface area contributed by atoms with Crippen LogP contribution in [0.2, 0.25) is 0 Å². The molecule has 0 aromatic heterocycles. The number of halogens is 2. The lowest BCUT2D eigenvalue weighted by atomic mass is 9.85. The lowest BCUT2D eigenvalue weighted by Crippen LogP contribution is -2.39. The Hall–Kier alpha value is -3.13. The van der Waals surface area contributed by atoms with Crippen LogP contribution in [0.5, 0.6) is 0 Å². The van der Waals surface area contributed by atoms with Crippen LogP contribution in [0.1, 0.15) is 29.2 Å². The summed E-state index contributed by atoms with van der Waals surface area (Å²) in [6.07, 6.45) is -0.814. The number of nitrogens with two attached hydrogens (primary N) is 1. The van der Waals surface area contributed by atoms with Crippen molar-refractivity contribution < 1.29 is 18.4 Å². The standard InChI is InChI=1S/C23H22F2N4O2/c24-15-7-1-12(2-8-15)10-29-22(30)18-17-9-16(25)11-28(17)20(19(18)23(29)31)13-3-5-14(6-4-13)21(26)27/h1-8,16-20H,9-11H2,(H3,26,27)/t16-,17+,18-,19-,20-/m0/s1. The minimum atomic E-state index is -1.04. The van der Waals surface area contributed by atoms with Gasteiger partial charge in [0.25, 0.3) is 0 Å². The topological polar surface area (TPSA) is 90.5 Å². The molecule has 8 heteroatoms. The molecule has 31 heavy (non-hydrogen) atoms. The molecule has 3 heterocycles. The summed E-state index contributed by atoms with van der Waals surface area (Å²) in [7, 11) is 0. The van der Waals surface area contributed by atoms with Crippen LogP contribution >= 0.6 is 0 Å². The molecule has 0 aliphatic carbocycles. The molecule has 0 unspecified atom stereocenters. The fourth-order valence-electron chi connectivity index (χ4n) is 5.41. The summed E-state index contributed by atoms with van der Waals surface area (Å²) < 4.78 is 27.6. The van der Waals surface area contributed by atoms with Crippen LogP contribution in [0, 0.1) is 23.1 Å². The molecule has 0 saturated carbocycles. The highest BCUT2D eigenvalue weighted by Gasteiger charge is 2.64. The first-order valence-electron chi connectivity index (χ1n) is 10.3. The van der Waals surface area contributed by atoms with Gasteiger partial charge in [-0.3, -0.25) is 24.8 Å². The number of benzene rings is 2. The lowest BCUT2D eigenvalue weighted by Gasteiger charge is -2.28. The zero-order valence-electron chi connectivity index (χ0n) is 16.7. The molecule has 3 aliphatic heterocycles. The zero-order chi connectivity index (χ0) is 21.9. The second-order valence-electron chi connectivity index (χ2n) is 8.52. The van der Waals surface area contributed by atoms with Gasteiger partial charge >= 0.3 is 0 Å². The van der Waals surface area contributed by atoms with Gasteiger partial charge in [0.15, 0.2) is 0 Å². The molecule has 2 aromatic rings. The molecular weight excluding hydrogens is 402 g/mol. The second-order valence-corrected chi connectivity index (χ2v) is 8.52. The highest BCUT2D eigenvalue weighted by Crippen LogP contribution is 2.53. The summed E-state index contributed by atoms with van der Waals surface area (Å²) in [5.74, 6) is -2.18. The van der Waals surface area contributed by atoms with Crippen molar-refractivity contribution in [2.75, 3.05) is 6.54 Å². The number of amides is 2. The number of nitrogen functional groups attached to an aromatic ring is 1. The molecule has 0 radical (unpaired) electrons. The number of fused-ring (bicyclic) bond motifs is 3. The summed E-state index contributed by atoms with van der Waals surface area (Å²) in [4.78, 5) is 29.9. The Morgan fingerprint density at radius 3 is 2.32 bits per heavy atom. The van der Waals surface area contributed by atoms with Crippen molar-refractivity contribution in [2.45, 2.75) is 31.2 Å². The number of amidine groups is 1. The van der Waals surface area contributed by atoms with Crippen LogP contribution in [0.3, 0.4) is 0 Å². The van der Waals surface area contributed by atoms with E-state index in [0.29, 0.717) is 11.1 Å². The Bertz CT molecular complexity index is 1060. The van der Waals surface area contributed by atoms with E-state index in [1.807, 2.05) is 4.90 Å². The predicted octanol–water partition coefficient (Wildman–Crippen LogP) is 2.38. The smallest absolute Gasteiger partial charge is 0.235 e. The minimum absolute atomic E-state index is 0.0590. The summed E-state index contributed by atoms with van der Waals surface area (Å²) >= 11 is 0. The molecule has 2 amide bonds. The van der Waals surface area contributed by atoms with Crippen molar-refractivity contribution in [3.05, 3.63) is 71.0 Å². The average Bonchev–Trinajstić information content (AvgIpc) is 3.33. The van der Waals surface area contributed by atoms with E-state index in [0.717, 1.165) is 5.56 Å². The maximum absolute atomic E-state index is 14.3. The van der Waals surface area contributed by atoms with Crippen molar-refractivity contribution in [1.82, 2.24) is 9.80 Å². The Kier molecular flexibility index (Phi) is 4.62. The molecule has 160 valence electrons. The molecule has 6 nitrogen and oxygen atoms in total. The van der Waals surface area contributed by atoms with E-state index in [1.165, 1.54) is 17.0 Å². The van der Waals surface area contributed by atoms with Gasteiger partial charge in [-0.2, -0.15) is 0 Å². The summed E-state index contributed by atoms with van der Waals surface area (Å²) in [5, 5.41) is 7.57. The molecule has 3 saturated heterocycles. The van der Waals surface area contributed by atoms with Crippen molar-refractivity contribution in [3.63, 3.8) is 0 Å². The van der Waals surface area contributed by atoms with E-state index in [9.17, 15) is 18.4 Å². The average molecular weight is 424 g/mol. The zero-order valence-corrected chi connectivity index (χ0v) is 16.7. The lowest BCUT2D eigenvalue weighted by molar-refractivity contribution is -0.142. The van der Waals surface area contributed by atoms with Gasteiger partial charge in [-0.25, -0.2) is 8.78 Å². The number of hydrogen-bond donors (Lipinski definition) is 2. The monoisotopic (exact) mass is 424 g/mol. The van der Waals surface area contributed by atoms with Crippen LogP contribution in [0.4, 0.5) is 8.78 Å². The van der Waals surface area contributed by atoms with Gasteiger partial charge in [-0.1, -0.05) is 36.4 Å². The summed E-state index contributed by atoms with van der Waals surface area (Å²) in [6.45, 7) is 0.266. The predicted molar refractivity (Wildman–Crippen MR) is 109 cm³/mol. The summed E-state index contributed by atoms with van der Waals surface area (Å²) in [6, 6.07) is 12.0. The number of carbonyl (C=O) groups is 2. The quantitative estimate of drug-likeness (QED) is 0.448. The van der Waals surface area contributed by atoms with Gasteiger partial charge in [0.2, 0.25) is 11.8 Å². The number of imide groups is 1. The Morgan fingerprint density at radius 1 is 1.03 bits per heavy atom. The fourth-order valence-corrected chi connectivity index (χ4v) is 5.41. The molecular formula is C23H22F2N4O2. The van der Waals surface area contributed by atoms with E-state index in [-0.39, 0.29) is 49.0 Å². The Morgan fingerprint density at radius 2 is 1.68 bits per heavy atom. The molecule has 3 N–H and O–H groups in total. The molecule has 5 atom stereocenters. The fraction of sp³-hybridized carbons (Fsp3) is 0.348. The van der Waals surface area contributed by atoms with Crippen LogP contribution in [0.15, 0.2) is 48.5 Å². The van der Waals surface area contributed by atoms with Gasteiger partial charge in [0.05, 0.1) is 18.4 Å². The van der Waals surface area contributed by atoms with E-state index < -0.39 is 24.0 Å².